The number of fused-ring (bicyclic) bond motifs is 1. The van der Waals surface area contributed by atoms with Crippen molar-refractivity contribution >= 4 is 5.91 Å². The van der Waals surface area contributed by atoms with Crippen molar-refractivity contribution < 1.29 is 27.5 Å². The molecular formula is C22H20F3N3O3. The molecule has 0 bridgehead atoms. The summed E-state index contributed by atoms with van der Waals surface area (Å²) in [4.78, 5) is 14.6. The van der Waals surface area contributed by atoms with Crippen molar-refractivity contribution in [1.29, 1.82) is 0 Å². The summed E-state index contributed by atoms with van der Waals surface area (Å²) in [5.41, 5.74) is -1.12. The molecule has 1 amide bonds. The Bertz CT molecular complexity index is 1110. The average Bonchev–Trinajstić information content (AvgIpc) is 3.52. The molecule has 1 aliphatic heterocycles. The SMILES string of the molecule is O=C(c1cc(-c2ccco2)[nH]n1)N1C[C@H]2CC[C@](O)(c3cccc(C(F)(F)F)c3)[C@H]2C1. The Morgan fingerprint density at radius 1 is 1.23 bits per heavy atom. The van der Waals surface area contributed by atoms with Crippen LogP contribution in [0.15, 0.2) is 53.1 Å². The molecule has 2 N–H and O–H groups in total. The van der Waals surface area contributed by atoms with Gasteiger partial charge in [-0.25, -0.2) is 0 Å². The number of nitrogens with zero attached hydrogens (tertiary/aromatic N) is 2. The number of rotatable bonds is 3. The molecule has 0 spiro atoms. The summed E-state index contributed by atoms with van der Waals surface area (Å²) in [5, 5.41) is 18.2. The Morgan fingerprint density at radius 2 is 2.06 bits per heavy atom. The zero-order chi connectivity index (χ0) is 21.8. The van der Waals surface area contributed by atoms with Gasteiger partial charge < -0.3 is 14.4 Å². The van der Waals surface area contributed by atoms with Gasteiger partial charge in [0.2, 0.25) is 0 Å². The predicted octanol–water partition coefficient (Wildman–Crippen LogP) is 4.06. The fraction of sp³-hybridized carbons (Fsp3) is 0.364. The second-order valence-corrected chi connectivity index (χ2v) is 8.26. The largest absolute Gasteiger partial charge is 0.463 e. The van der Waals surface area contributed by atoms with E-state index in [-0.39, 0.29) is 35.5 Å². The van der Waals surface area contributed by atoms with Gasteiger partial charge >= 0.3 is 6.18 Å². The highest BCUT2D eigenvalue weighted by Crippen LogP contribution is 2.51. The summed E-state index contributed by atoms with van der Waals surface area (Å²) < 4.78 is 44.8. The number of H-pyrrole nitrogens is 1. The van der Waals surface area contributed by atoms with Crippen molar-refractivity contribution in [3.8, 4) is 11.5 Å². The van der Waals surface area contributed by atoms with E-state index in [1.54, 1.807) is 23.1 Å². The Labute approximate surface area is 175 Å². The number of aromatic amines is 1. The van der Waals surface area contributed by atoms with Crippen LogP contribution in [-0.4, -0.2) is 39.2 Å². The number of aliphatic hydroxyl groups is 1. The van der Waals surface area contributed by atoms with Crippen LogP contribution in [0.2, 0.25) is 0 Å². The number of hydrogen-bond acceptors (Lipinski definition) is 4. The molecule has 0 radical (unpaired) electrons. The zero-order valence-electron chi connectivity index (χ0n) is 16.4. The number of carbonyl (C=O) groups is 1. The van der Waals surface area contributed by atoms with Gasteiger partial charge in [0.1, 0.15) is 5.69 Å². The van der Waals surface area contributed by atoms with Crippen LogP contribution >= 0.6 is 0 Å². The van der Waals surface area contributed by atoms with Gasteiger partial charge in [-0.05, 0) is 48.6 Å². The fourth-order valence-electron chi connectivity index (χ4n) is 4.94. The highest BCUT2D eigenvalue weighted by atomic mass is 19.4. The van der Waals surface area contributed by atoms with Gasteiger partial charge in [0, 0.05) is 25.1 Å². The molecule has 3 aromatic rings. The van der Waals surface area contributed by atoms with E-state index in [0.29, 0.717) is 30.8 Å². The number of alkyl halides is 3. The van der Waals surface area contributed by atoms with E-state index in [0.717, 1.165) is 12.1 Å². The van der Waals surface area contributed by atoms with Gasteiger partial charge in [-0.2, -0.15) is 18.3 Å². The Balaban J connectivity index is 1.36. The lowest BCUT2D eigenvalue weighted by Gasteiger charge is -2.31. The van der Waals surface area contributed by atoms with Gasteiger partial charge in [0.15, 0.2) is 11.5 Å². The summed E-state index contributed by atoms with van der Waals surface area (Å²) in [6, 6.07) is 9.96. The molecule has 1 aliphatic carbocycles. The molecule has 6 nitrogen and oxygen atoms in total. The molecule has 5 rings (SSSR count). The number of amides is 1. The van der Waals surface area contributed by atoms with Crippen molar-refractivity contribution in [2.45, 2.75) is 24.6 Å². The van der Waals surface area contributed by atoms with E-state index < -0.39 is 17.3 Å². The standard InChI is InChI=1S/C22H20F3N3O3/c23-22(24,25)15-4-1-3-14(9-15)21(30)7-6-13-11-28(12-16(13)21)20(29)18-10-17(26-27-18)19-5-2-8-31-19/h1-5,8-10,13,16,30H,6-7,11-12H2,(H,26,27)/t13-,16+,21+/m1/s1. The second kappa shape index (κ2) is 6.98. The summed E-state index contributed by atoms with van der Waals surface area (Å²) in [7, 11) is 0. The topological polar surface area (TPSA) is 82.4 Å². The first-order chi connectivity index (χ1) is 14.8. The first-order valence-corrected chi connectivity index (χ1v) is 10.0. The minimum absolute atomic E-state index is 0.0204. The van der Waals surface area contributed by atoms with Crippen LogP contribution in [-0.2, 0) is 11.8 Å². The maximum Gasteiger partial charge on any atom is 0.416 e. The van der Waals surface area contributed by atoms with Gasteiger partial charge in [0.05, 0.1) is 17.4 Å². The van der Waals surface area contributed by atoms with Crippen LogP contribution in [0.5, 0.6) is 0 Å². The summed E-state index contributed by atoms with van der Waals surface area (Å²) in [6.07, 6.45) is -1.95. The quantitative estimate of drug-likeness (QED) is 0.655. The molecule has 31 heavy (non-hydrogen) atoms. The van der Waals surface area contributed by atoms with E-state index in [9.17, 15) is 23.1 Å². The molecule has 3 atom stereocenters. The third kappa shape index (κ3) is 3.33. The van der Waals surface area contributed by atoms with Crippen LogP contribution < -0.4 is 0 Å². The zero-order valence-corrected chi connectivity index (χ0v) is 16.4. The van der Waals surface area contributed by atoms with Crippen LogP contribution in [0.3, 0.4) is 0 Å². The van der Waals surface area contributed by atoms with Crippen molar-refractivity contribution in [3.63, 3.8) is 0 Å². The molecule has 1 saturated heterocycles. The van der Waals surface area contributed by atoms with Crippen molar-refractivity contribution in [1.82, 2.24) is 15.1 Å². The third-order valence-electron chi connectivity index (χ3n) is 6.51. The molecule has 3 heterocycles. The normalized spacial score (nSPS) is 25.7. The molecular weight excluding hydrogens is 411 g/mol. The highest BCUT2D eigenvalue weighted by molar-refractivity contribution is 5.93. The third-order valence-corrected chi connectivity index (χ3v) is 6.51. The molecule has 9 heteroatoms. The molecule has 0 unspecified atom stereocenters. The van der Waals surface area contributed by atoms with Crippen molar-refractivity contribution in [2.24, 2.45) is 11.8 Å². The number of furan rings is 1. The molecule has 162 valence electrons. The van der Waals surface area contributed by atoms with E-state index in [1.165, 1.54) is 18.4 Å². The summed E-state index contributed by atoms with van der Waals surface area (Å²) in [5.74, 6) is -0.0333. The Hall–Kier alpha value is -3.07. The number of carbonyl (C=O) groups excluding carboxylic acids is 1. The second-order valence-electron chi connectivity index (χ2n) is 8.26. The van der Waals surface area contributed by atoms with E-state index in [4.69, 9.17) is 4.42 Å². The molecule has 1 aromatic carbocycles. The van der Waals surface area contributed by atoms with Gasteiger partial charge in [-0.1, -0.05) is 12.1 Å². The minimum Gasteiger partial charge on any atom is -0.463 e. The maximum atomic E-state index is 13.2. The first-order valence-electron chi connectivity index (χ1n) is 10.0. The maximum absolute atomic E-state index is 13.2. The Kier molecular flexibility index (Phi) is 4.47. The van der Waals surface area contributed by atoms with Crippen LogP contribution in [0.1, 0.15) is 34.5 Å². The first kappa shape index (κ1) is 19.9. The lowest BCUT2D eigenvalue weighted by Crippen LogP contribution is -2.36. The fourth-order valence-corrected chi connectivity index (χ4v) is 4.94. The van der Waals surface area contributed by atoms with Crippen LogP contribution in [0.4, 0.5) is 13.2 Å². The average molecular weight is 431 g/mol. The lowest BCUT2D eigenvalue weighted by molar-refractivity contribution is -0.137. The highest BCUT2D eigenvalue weighted by Gasteiger charge is 2.53. The number of nitrogens with one attached hydrogen (secondary N) is 1. The molecule has 2 aromatic heterocycles. The van der Waals surface area contributed by atoms with Gasteiger partial charge in [0.25, 0.3) is 5.91 Å². The number of hydrogen-bond donors (Lipinski definition) is 2. The van der Waals surface area contributed by atoms with Crippen LogP contribution in [0.25, 0.3) is 11.5 Å². The monoisotopic (exact) mass is 431 g/mol. The van der Waals surface area contributed by atoms with Gasteiger partial charge in [-0.15, -0.1) is 0 Å². The molecule has 1 saturated carbocycles. The summed E-state index contributed by atoms with van der Waals surface area (Å²) >= 11 is 0. The lowest BCUT2D eigenvalue weighted by atomic mass is 9.81. The smallest absolute Gasteiger partial charge is 0.416 e. The van der Waals surface area contributed by atoms with Crippen LogP contribution in [0, 0.1) is 11.8 Å². The number of halogens is 3. The Morgan fingerprint density at radius 3 is 2.81 bits per heavy atom. The molecule has 2 fully saturated rings. The predicted molar refractivity (Wildman–Crippen MR) is 104 cm³/mol. The van der Waals surface area contributed by atoms with Gasteiger partial charge in [-0.3, -0.25) is 9.89 Å². The van der Waals surface area contributed by atoms with E-state index in [1.807, 2.05) is 0 Å². The minimum atomic E-state index is -4.48. The van der Waals surface area contributed by atoms with E-state index in [2.05, 4.69) is 10.2 Å². The van der Waals surface area contributed by atoms with Crippen molar-refractivity contribution in [2.75, 3.05) is 13.1 Å². The number of likely N-dealkylation sites (tertiary alicyclic amines) is 1. The molecule has 2 aliphatic rings. The number of aromatic nitrogens is 2. The van der Waals surface area contributed by atoms with Crippen molar-refractivity contribution in [3.05, 3.63) is 65.5 Å². The number of benzene rings is 1. The van der Waals surface area contributed by atoms with E-state index >= 15 is 0 Å². The summed E-state index contributed by atoms with van der Waals surface area (Å²) in [6.45, 7) is 0.701.